The number of aryl methyl sites for hydroxylation is 2. The first-order valence-electron chi connectivity index (χ1n) is 6.81. The first-order valence-corrected chi connectivity index (χ1v) is 8.43. The van der Waals surface area contributed by atoms with E-state index in [-0.39, 0.29) is 11.9 Å². The first kappa shape index (κ1) is 17.1. The molecule has 0 saturated heterocycles. The molecule has 0 radical (unpaired) electrons. The number of hydrogen-bond donors (Lipinski definition) is 2. The number of rotatable bonds is 8. The van der Waals surface area contributed by atoms with Crippen LogP contribution in [0.3, 0.4) is 0 Å². The highest BCUT2D eigenvalue weighted by molar-refractivity contribution is 7.84. The van der Waals surface area contributed by atoms with Crippen molar-refractivity contribution in [1.29, 1.82) is 0 Å². The predicted octanol–water partition coefficient (Wildman–Crippen LogP) is 1.40. The lowest BCUT2D eigenvalue weighted by molar-refractivity contribution is 0.106. The van der Waals surface area contributed by atoms with Crippen LogP contribution in [0.2, 0.25) is 0 Å². The quantitative estimate of drug-likeness (QED) is 0.762. The second-order valence-corrected chi connectivity index (χ2v) is 7.00. The molecule has 0 heterocycles. The molecular formula is C15H25NO3S. The standard InChI is InChI=1S/C15H25NO3S/c1-11-5-6-15(12(2)7-11)19-10-14(17)9-16-8-13(3)20(4)18/h5-7,13-14,16-17H,8-10H2,1-4H3. The molecule has 0 aliphatic rings. The lowest BCUT2D eigenvalue weighted by Gasteiger charge is -2.16. The van der Waals surface area contributed by atoms with Crippen molar-refractivity contribution in [3.8, 4) is 5.75 Å². The van der Waals surface area contributed by atoms with Crippen molar-refractivity contribution in [2.75, 3.05) is 26.0 Å². The van der Waals surface area contributed by atoms with E-state index in [1.807, 2.05) is 32.9 Å². The van der Waals surface area contributed by atoms with Crippen molar-refractivity contribution in [1.82, 2.24) is 5.32 Å². The molecule has 1 rings (SSSR count). The van der Waals surface area contributed by atoms with Crippen LogP contribution in [0.5, 0.6) is 5.75 Å². The van der Waals surface area contributed by atoms with Crippen LogP contribution in [0.1, 0.15) is 18.1 Å². The Labute approximate surface area is 124 Å². The summed E-state index contributed by atoms with van der Waals surface area (Å²) in [5.74, 6) is 0.803. The van der Waals surface area contributed by atoms with Gasteiger partial charge in [0.25, 0.3) is 0 Å². The van der Waals surface area contributed by atoms with Gasteiger partial charge in [0.1, 0.15) is 18.5 Å². The number of aliphatic hydroxyl groups excluding tert-OH is 1. The Morgan fingerprint density at radius 3 is 2.65 bits per heavy atom. The summed E-state index contributed by atoms with van der Waals surface area (Å²) in [7, 11) is -0.839. The van der Waals surface area contributed by atoms with Gasteiger partial charge in [-0.25, -0.2) is 0 Å². The molecule has 0 bridgehead atoms. The lowest BCUT2D eigenvalue weighted by Crippen LogP contribution is -2.36. The van der Waals surface area contributed by atoms with Crippen LogP contribution < -0.4 is 10.1 Å². The molecule has 0 saturated carbocycles. The summed E-state index contributed by atoms with van der Waals surface area (Å²) < 4.78 is 16.8. The van der Waals surface area contributed by atoms with Crippen molar-refractivity contribution in [3.63, 3.8) is 0 Å². The molecule has 20 heavy (non-hydrogen) atoms. The monoisotopic (exact) mass is 299 g/mol. The van der Waals surface area contributed by atoms with Gasteiger partial charge in [0.2, 0.25) is 0 Å². The van der Waals surface area contributed by atoms with E-state index in [1.54, 1.807) is 6.26 Å². The van der Waals surface area contributed by atoms with Gasteiger partial charge in [-0.2, -0.15) is 0 Å². The Bertz CT molecular complexity index is 451. The van der Waals surface area contributed by atoms with Crippen LogP contribution >= 0.6 is 0 Å². The molecule has 5 heteroatoms. The van der Waals surface area contributed by atoms with E-state index in [0.717, 1.165) is 11.3 Å². The maximum Gasteiger partial charge on any atom is 0.122 e. The molecule has 0 aliphatic carbocycles. The number of nitrogens with one attached hydrogen (secondary N) is 1. The van der Waals surface area contributed by atoms with Crippen molar-refractivity contribution in [3.05, 3.63) is 29.3 Å². The number of hydrogen-bond acceptors (Lipinski definition) is 4. The predicted molar refractivity (Wildman–Crippen MR) is 83.8 cm³/mol. The molecule has 0 aliphatic heterocycles. The summed E-state index contributed by atoms with van der Waals surface area (Å²) in [6, 6.07) is 5.97. The zero-order chi connectivity index (χ0) is 15.1. The third kappa shape index (κ3) is 6.03. The second kappa shape index (κ2) is 8.39. The maximum absolute atomic E-state index is 11.2. The summed E-state index contributed by atoms with van der Waals surface area (Å²) in [6.45, 7) is 7.26. The van der Waals surface area contributed by atoms with Crippen LogP contribution in [0.4, 0.5) is 0 Å². The highest BCUT2D eigenvalue weighted by Crippen LogP contribution is 2.18. The fourth-order valence-corrected chi connectivity index (χ4v) is 2.13. The van der Waals surface area contributed by atoms with E-state index in [1.165, 1.54) is 5.56 Å². The summed E-state index contributed by atoms with van der Waals surface area (Å²) in [4.78, 5) is 0. The normalized spacial score (nSPS) is 15.7. The summed E-state index contributed by atoms with van der Waals surface area (Å²) in [5, 5.41) is 13.0. The maximum atomic E-state index is 11.2. The van der Waals surface area contributed by atoms with Gasteiger partial charge in [-0.05, 0) is 32.4 Å². The smallest absolute Gasteiger partial charge is 0.122 e. The van der Waals surface area contributed by atoms with Crippen molar-refractivity contribution < 1.29 is 14.1 Å². The third-order valence-electron chi connectivity index (χ3n) is 3.14. The fraction of sp³-hybridized carbons (Fsp3) is 0.600. The number of aliphatic hydroxyl groups is 1. The Hall–Kier alpha value is -0.910. The van der Waals surface area contributed by atoms with Crippen LogP contribution in [-0.2, 0) is 10.8 Å². The molecule has 4 nitrogen and oxygen atoms in total. The molecule has 114 valence electrons. The van der Waals surface area contributed by atoms with E-state index >= 15 is 0 Å². The van der Waals surface area contributed by atoms with Crippen LogP contribution in [0.25, 0.3) is 0 Å². The topological polar surface area (TPSA) is 58.6 Å². The van der Waals surface area contributed by atoms with Crippen LogP contribution in [0, 0.1) is 13.8 Å². The molecule has 1 aromatic rings. The van der Waals surface area contributed by atoms with Crippen LogP contribution in [-0.4, -0.2) is 46.6 Å². The van der Waals surface area contributed by atoms with E-state index in [9.17, 15) is 9.32 Å². The Morgan fingerprint density at radius 2 is 2.05 bits per heavy atom. The Morgan fingerprint density at radius 1 is 1.35 bits per heavy atom. The Balaban J connectivity index is 2.29. The molecule has 3 atom stereocenters. The summed E-state index contributed by atoms with van der Waals surface area (Å²) in [5.41, 5.74) is 2.26. The zero-order valence-corrected chi connectivity index (χ0v) is 13.5. The van der Waals surface area contributed by atoms with Gasteiger partial charge in [0, 0.05) is 35.4 Å². The minimum atomic E-state index is -0.839. The minimum Gasteiger partial charge on any atom is -0.491 e. The SMILES string of the molecule is Cc1ccc(OCC(O)CNCC(C)S(C)=O)c(C)c1. The van der Waals surface area contributed by atoms with E-state index < -0.39 is 16.9 Å². The minimum absolute atomic E-state index is 0.0856. The first-order chi connectivity index (χ1) is 9.40. The van der Waals surface area contributed by atoms with Gasteiger partial charge in [0.05, 0.1) is 0 Å². The number of ether oxygens (including phenoxy) is 1. The lowest BCUT2D eigenvalue weighted by atomic mass is 10.1. The van der Waals surface area contributed by atoms with Crippen molar-refractivity contribution in [2.24, 2.45) is 0 Å². The average Bonchev–Trinajstić information content (AvgIpc) is 2.37. The molecule has 2 N–H and O–H groups in total. The Kier molecular flexibility index (Phi) is 7.19. The zero-order valence-electron chi connectivity index (χ0n) is 12.7. The second-order valence-electron chi connectivity index (χ2n) is 5.20. The average molecular weight is 299 g/mol. The highest BCUT2D eigenvalue weighted by Gasteiger charge is 2.09. The van der Waals surface area contributed by atoms with Crippen molar-refractivity contribution >= 4 is 10.8 Å². The van der Waals surface area contributed by atoms with Crippen LogP contribution in [0.15, 0.2) is 18.2 Å². The molecule has 0 fully saturated rings. The van der Waals surface area contributed by atoms with Gasteiger partial charge < -0.3 is 15.2 Å². The van der Waals surface area contributed by atoms with Gasteiger partial charge in [-0.3, -0.25) is 4.21 Å². The van der Waals surface area contributed by atoms with Gasteiger partial charge in [-0.1, -0.05) is 17.7 Å². The highest BCUT2D eigenvalue weighted by atomic mass is 32.2. The molecule has 1 aromatic carbocycles. The molecular weight excluding hydrogens is 274 g/mol. The van der Waals surface area contributed by atoms with Gasteiger partial charge in [0.15, 0.2) is 0 Å². The fourth-order valence-electron chi connectivity index (χ4n) is 1.78. The van der Waals surface area contributed by atoms with Gasteiger partial charge in [-0.15, -0.1) is 0 Å². The van der Waals surface area contributed by atoms with E-state index in [4.69, 9.17) is 4.74 Å². The van der Waals surface area contributed by atoms with Crippen molar-refractivity contribution in [2.45, 2.75) is 32.1 Å². The summed E-state index contributed by atoms with van der Waals surface area (Å²) in [6.07, 6.45) is 1.11. The third-order valence-corrected chi connectivity index (χ3v) is 4.44. The van der Waals surface area contributed by atoms with E-state index in [2.05, 4.69) is 11.4 Å². The number of benzene rings is 1. The summed E-state index contributed by atoms with van der Waals surface area (Å²) >= 11 is 0. The molecule has 0 spiro atoms. The van der Waals surface area contributed by atoms with Gasteiger partial charge >= 0.3 is 0 Å². The molecule has 3 unspecified atom stereocenters. The largest absolute Gasteiger partial charge is 0.491 e. The van der Waals surface area contributed by atoms with E-state index in [0.29, 0.717) is 13.1 Å². The molecule has 0 amide bonds. The molecule has 0 aromatic heterocycles.